The average molecular weight is 249 g/mol. The maximum atomic E-state index is 11.0. The summed E-state index contributed by atoms with van der Waals surface area (Å²) < 4.78 is 0.566. The van der Waals surface area contributed by atoms with Gasteiger partial charge in [-0.1, -0.05) is 11.6 Å². The zero-order chi connectivity index (χ0) is 9.30. The van der Waals surface area contributed by atoms with E-state index in [-0.39, 0.29) is 5.78 Å². The average Bonchev–Trinajstić information content (AvgIpc) is 2.00. The van der Waals surface area contributed by atoms with Gasteiger partial charge in [0.25, 0.3) is 0 Å². The molecule has 0 atom stereocenters. The molecule has 0 saturated carbocycles. The van der Waals surface area contributed by atoms with Crippen LogP contribution in [0.25, 0.3) is 0 Å². The Balaban J connectivity index is 3.36. The number of carbonyl (C=O) groups is 1. The Bertz CT molecular complexity index is 338. The van der Waals surface area contributed by atoms with E-state index < -0.39 is 0 Å². The molecule has 4 heteroatoms. The molecular formula is C8H7BrClNO. The van der Waals surface area contributed by atoms with Gasteiger partial charge < -0.3 is 5.73 Å². The van der Waals surface area contributed by atoms with Crippen LogP contribution < -0.4 is 5.73 Å². The van der Waals surface area contributed by atoms with E-state index in [0.717, 1.165) is 0 Å². The number of hydrogen-bond acceptors (Lipinski definition) is 2. The van der Waals surface area contributed by atoms with Crippen LogP contribution in [0.2, 0.25) is 5.02 Å². The number of hydrogen-bond donors (Lipinski definition) is 1. The highest BCUT2D eigenvalue weighted by atomic mass is 79.9. The summed E-state index contributed by atoms with van der Waals surface area (Å²) in [6, 6.07) is 3.26. The summed E-state index contributed by atoms with van der Waals surface area (Å²) in [6.45, 7) is 1.48. The lowest BCUT2D eigenvalue weighted by Gasteiger charge is -2.04. The highest BCUT2D eigenvalue weighted by molar-refractivity contribution is 9.10. The number of halogens is 2. The van der Waals surface area contributed by atoms with E-state index in [2.05, 4.69) is 15.9 Å². The highest BCUT2D eigenvalue weighted by Gasteiger charge is 2.10. The van der Waals surface area contributed by atoms with E-state index in [1.807, 2.05) is 0 Å². The molecule has 1 rings (SSSR count). The summed E-state index contributed by atoms with van der Waals surface area (Å²) in [5.41, 5.74) is 6.53. The molecule has 0 aromatic heterocycles. The third-order valence-electron chi connectivity index (χ3n) is 1.49. The minimum Gasteiger partial charge on any atom is -0.397 e. The first kappa shape index (κ1) is 9.55. The molecule has 12 heavy (non-hydrogen) atoms. The number of rotatable bonds is 1. The number of anilines is 1. The largest absolute Gasteiger partial charge is 0.397 e. The molecule has 0 unspecified atom stereocenters. The van der Waals surface area contributed by atoms with E-state index in [0.29, 0.717) is 20.7 Å². The van der Waals surface area contributed by atoms with Crippen LogP contribution in [-0.2, 0) is 0 Å². The van der Waals surface area contributed by atoms with Crippen LogP contribution in [0.3, 0.4) is 0 Å². The van der Waals surface area contributed by atoms with Crippen LogP contribution in [-0.4, -0.2) is 5.78 Å². The molecule has 64 valence electrons. The predicted octanol–water partition coefficient (Wildman–Crippen LogP) is 2.89. The zero-order valence-corrected chi connectivity index (χ0v) is 8.74. The highest BCUT2D eigenvalue weighted by Crippen LogP contribution is 2.31. The molecule has 0 saturated heterocycles. The molecule has 2 nitrogen and oxygen atoms in total. The monoisotopic (exact) mass is 247 g/mol. The summed E-state index contributed by atoms with van der Waals surface area (Å²) in [6.07, 6.45) is 0. The van der Waals surface area contributed by atoms with Gasteiger partial charge in [-0.05, 0) is 35.0 Å². The summed E-state index contributed by atoms with van der Waals surface area (Å²) in [5.74, 6) is -0.0382. The Labute approximate surface area is 83.8 Å². The van der Waals surface area contributed by atoms with Crippen molar-refractivity contribution in [3.8, 4) is 0 Å². The van der Waals surface area contributed by atoms with Crippen molar-refractivity contribution in [2.24, 2.45) is 0 Å². The van der Waals surface area contributed by atoms with Gasteiger partial charge in [0.15, 0.2) is 5.78 Å². The van der Waals surface area contributed by atoms with Crippen LogP contribution in [0.15, 0.2) is 16.6 Å². The first-order valence-electron chi connectivity index (χ1n) is 3.28. The third-order valence-corrected chi connectivity index (χ3v) is 2.95. The summed E-state index contributed by atoms with van der Waals surface area (Å²) in [7, 11) is 0. The molecule has 1 aromatic carbocycles. The van der Waals surface area contributed by atoms with Crippen molar-refractivity contribution in [1.82, 2.24) is 0 Å². The van der Waals surface area contributed by atoms with E-state index >= 15 is 0 Å². The SMILES string of the molecule is CC(=O)c1ccc(N)c(Cl)c1Br. The van der Waals surface area contributed by atoms with Crippen LogP contribution >= 0.6 is 27.5 Å². The number of nitrogens with two attached hydrogens (primary N) is 1. The van der Waals surface area contributed by atoms with Crippen molar-refractivity contribution in [1.29, 1.82) is 0 Å². The van der Waals surface area contributed by atoms with Crippen molar-refractivity contribution in [2.45, 2.75) is 6.92 Å². The predicted molar refractivity (Wildman–Crippen MR) is 53.6 cm³/mol. The van der Waals surface area contributed by atoms with Crippen molar-refractivity contribution >= 4 is 39.0 Å². The first-order chi connectivity index (χ1) is 5.54. The van der Waals surface area contributed by atoms with E-state index in [9.17, 15) is 4.79 Å². The van der Waals surface area contributed by atoms with Gasteiger partial charge in [0.2, 0.25) is 0 Å². The Morgan fingerprint density at radius 2 is 2.17 bits per heavy atom. The quantitative estimate of drug-likeness (QED) is 0.613. The fourth-order valence-electron chi connectivity index (χ4n) is 0.836. The molecule has 0 aliphatic heterocycles. The van der Waals surface area contributed by atoms with Crippen molar-refractivity contribution in [3.05, 3.63) is 27.2 Å². The molecule has 0 fully saturated rings. The molecule has 0 amide bonds. The number of ketones is 1. The smallest absolute Gasteiger partial charge is 0.160 e. The van der Waals surface area contributed by atoms with Gasteiger partial charge in [0.1, 0.15) is 0 Å². The van der Waals surface area contributed by atoms with Crippen molar-refractivity contribution < 1.29 is 4.79 Å². The van der Waals surface area contributed by atoms with Gasteiger partial charge in [0.05, 0.1) is 10.7 Å². The Morgan fingerprint density at radius 3 is 2.67 bits per heavy atom. The van der Waals surface area contributed by atoms with Crippen molar-refractivity contribution in [3.63, 3.8) is 0 Å². The molecule has 0 spiro atoms. The van der Waals surface area contributed by atoms with Gasteiger partial charge in [-0.3, -0.25) is 4.79 Å². The first-order valence-corrected chi connectivity index (χ1v) is 4.45. The second kappa shape index (κ2) is 3.46. The maximum absolute atomic E-state index is 11.0. The number of nitrogen functional groups attached to an aromatic ring is 1. The lowest BCUT2D eigenvalue weighted by Crippen LogP contribution is -1.96. The van der Waals surface area contributed by atoms with Crippen LogP contribution in [0.5, 0.6) is 0 Å². The molecule has 0 heterocycles. The lowest BCUT2D eigenvalue weighted by molar-refractivity contribution is 0.101. The summed E-state index contributed by atoms with van der Waals surface area (Å²) in [4.78, 5) is 11.0. The Hall–Kier alpha value is -0.540. The second-order valence-corrected chi connectivity index (χ2v) is 3.56. The van der Waals surface area contributed by atoms with Gasteiger partial charge >= 0.3 is 0 Å². The normalized spacial score (nSPS) is 9.92. The van der Waals surface area contributed by atoms with E-state index in [4.69, 9.17) is 17.3 Å². The van der Waals surface area contributed by atoms with Gasteiger partial charge in [0, 0.05) is 10.0 Å². The molecular weight excluding hydrogens is 241 g/mol. The molecule has 0 bridgehead atoms. The van der Waals surface area contributed by atoms with Gasteiger partial charge in [-0.2, -0.15) is 0 Å². The number of benzene rings is 1. The minimum atomic E-state index is -0.0382. The molecule has 0 radical (unpaired) electrons. The third kappa shape index (κ3) is 1.62. The zero-order valence-electron chi connectivity index (χ0n) is 6.40. The van der Waals surface area contributed by atoms with E-state index in [1.54, 1.807) is 12.1 Å². The van der Waals surface area contributed by atoms with Crippen LogP contribution in [0.4, 0.5) is 5.69 Å². The summed E-state index contributed by atoms with van der Waals surface area (Å²) >= 11 is 9.00. The molecule has 1 aromatic rings. The standard InChI is InChI=1S/C8H7BrClNO/c1-4(12)5-2-3-6(11)8(10)7(5)9/h2-3H,11H2,1H3. The fraction of sp³-hybridized carbons (Fsp3) is 0.125. The topological polar surface area (TPSA) is 43.1 Å². The molecule has 2 N–H and O–H groups in total. The number of carbonyl (C=O) groups excluding carboxylic acids is 1. The summed E-state index contributed by atoms with van der Waals surface area (Å²) in [5, 5.41) is 0.391. The van der Waals surface area contributed by atoms with Crippen molar-refractivity contribution in [2.75, 3.05) is 5.73 Å². The van der Waals surface area contributed by atoms with Gasteiger partial charge in [-0.25, -0.2) is 0 Å². The second-order valence-electron chi connectivity index (χ2n) is 2.39. The molecule has 0 aliphatic carbocycles. The number of Topliss-reactive ketones (excluding diaryl/α,β-unsaturated/α-hetero) is 1. The van der Waals surface area contributed by atoms with E-state index in [1.165, 1.54) is 6.92 Å². The van der Waals surface area contributed by atoms with Crippen LogP contribution in [0, 0.1) is 0 Å². The minimum absolute atomic E-state index is 0.0382. The molecule has 0 aliphatic rings. The Kier molecular flexibility index (Phi) is 2.75. The van der Waals surface area contributed by atoms with Crippen LogP contribution in [0.1, 0.15) is 17.3 Å². The Morgan fingerprint density at radius 1 is 1.58 bits per heavy atom. The lowest BCUT2D eigenvalue weighted by atomic mass is 10.1. The maximum Gasteiger partial charge on any atom is 0.160 e. The fourth-order valence-corrected chi connectivity index (χ4v) is 1.64. The van der Waals surface area contributed by atoms with Gasteiger partial charge in [-0.15, -0.1) is 0 Å².